The van der Waals surface area contributed by atoms with Crippen molar-refractivity contribution in [2.75, 3.05) is 16.4 Å². The van der Waals surface area contributed by atoms with Crippen LogP contribution < -0.4 is 10.6 Å². The Labute approximate surface area is 246 Å². The Bertz CT molecular complexity index is 1290. The zero-order chi connectivity index (χ0) is 28.0. The minimum atomic E-state index is -2.09. The number of nitrogens with one attached hydrogen (secondary N) is 2. The molecule has 1 aliphatic heterocycles. The number of carbonyl (C=O) groups is 2. The molecule has 3 unspecified atom stereocenters. The second-order valence-electron chi connectivity index (χ2n) is 8.94. The lowest BCUT2D eigenvalue weighted by molar-refractivity contribution is -0.245. The third-order valence-corrected chi connectivity index (χ3v) is 7.56. The number of benzene rings is 3. The number of hydrogen-bond acceptors (Lipinski definition) is 6. The molecule has 39 heavy (non-hydrogen) atoms. The maximum absolute atomic E-state index is 12.1. The lowest BCUT2D eigenvalue weighted by atomic mass is 10.0. The molecule has 0 saturated carbocycles. The molecule has 1 heterocycles. The van der Waals surface area contributed by atoms with Gasteiger partial charge >= 0.3 is 0 Å². The lowest BCUT2D eigenvalue weighted by Gasteiger charge is -2.36. The van der Waals surface area contributed by atoms with E-state index in [0.717, 1.165) is 21.7 Å². The molecule has 7 nitrogen and oxygen atoms in total. The third-order valence-electron chi connectivity index (χ3n) is 5.90. The zero-order valence-electron chi connectivity index (χ0n) is 20.9. The average Bonchev–Trinajstić information content (AvgIpc) is 2.92. The van der Waals surface area contributed by atoms with Crippen LogP contribution in [0.15, 0.2) is 77.7 Å². The molecule has 0 radical (unpaired) electrons. The van der Waals surface area contributed by atoms with E-state index in [1.54, 1.807) is 30.0 Å². The SMILES string of the molecule is CC(=O)Nc1ccc(SCC2CC(c3ccc(CO)cc3)OC(c3cccc(NC(=O)C(Cl)(Cl)Cl)c3)O2)cc1. The van der Waals surface area contributed by atoms with E-state index in [0.29, 0.717) is 23.4 Å². The van der Waals surface area contributed by atoms with Crippen molar-refractivity contribution in [2.24, 2.45) is 0 Å². The Morgan fingerprint density at radius 3 is 2.31 bits per heavy atom. The second kappa shape index (κ2) is 13.4. The molecule has 2 amide bonds. The summed E-state index contributed by atoms with van der Waals surface area (Å²) in [6, 6.07) is 22.3. The lowest BCUT2D eigenvalue weighted by Crippen LogP contribution is -2.31. The van der Waals surface area contributed by atoms with Crippen LogP contribution >= 0.6 is 46.6 Å². The Hall–Kier alpha value is -2.30. The van der Waals surface area contributed by atoms with E-state index in [4.69, 9.17) is 44.3 Å². The van der Waals surface area contributed by atoms with Gasteiger partial charge in [-0.2, -0.15) is 0 Å². The van der Waals surface area contributed by atoms with Gasteiger partial charge < -0.3 is 25.2 Å². The van der Waals surface area contributed by atoms with Gasteiger partial charge in [-0.1, -0.05) is 71.2 Å². The fourth-order valence-electron chi connectivity index (χ4n) is 4.01. The van der Waals surface area contributed by atoms with E-state index in [1.807, 2.05) is 54.6 Å². The molecule has 3 aromatic carbocycles. The molecule has 206 valence electrons. The van der Waals surface area contributed by atoms with Gasteiger partial charge in [-0.15, -0.1) is 11.8 Å². The van der Waals surface area contributed by atoms with Crippen LogP contribution in [0.3, 0.4) is 0 Å². The summed E-state index contributed by atoms with van der Waals surface area (Å²) in [4.78, 5) is 24.5. The Morgan fingerprint density at radius 1 is 0.949 bits per heavy atom. The van der Waals surface area contributed by atoms with Gasteiger partial charge in [-0.25, -0.2) is 0 Å². The number of halogens is 3. The molecule has 0 spiro atoms. The number of ether oxygens (including phenoxy) is 2. The number of thioether (sulfide) groups is 1. The monoisotopic (exact) mass is 608 g/mol. The van der Waals surface area contributed by atoms with Crippen LogP contribution in [0.2, 0.25) is 0 Å². The molecule has 11 heteroatoms. The summed E-state index contributed by atoms with van der Waals surface area (Å²) < 4.78 is 10.6. The summed E-state index contributed by atoms with van der Waals surface area (Å²) >= 11 is 18.7. The van der Waals surface area contributed by atoms with E-state index in [-0.39, 0.29) is 24.7 Å². The van der Waals surface area contributed by atoms with Crippen LogP contribution in [0.1, 0.15) is 42.4 Å². The molecular weight excluding hydrogens is 583 g/mol. The smallest absolute Gasteiger partial charge is 0.276 e. The minimum absolute atomic E-state index is 0.0375. The van der Waals surface area contributed by atoms with Crippen LogP contribution in [0.25, 0.3) is 0 Å². The maximum atomic E-state index is 12.1. The van der Waals surface area contributed by atoms with Gasteiger partial charge in [0.25, 0.3) is 9.70 Å². The number of aliphatic hydroxyl groups excluding tert-OH is 1. The fourth-order valence-corrected chi connectivity index (χ4v) is 5.08. The number of carbonyl (C=O) groups excluding carboxylic acids is 2. The number of rotatable bonds is 8. The number of alkyl halides is 3. The van der Waals surface area contributed by atoms with Gasteiger partial charge in [0.2, 0.25) is 5.91 Å². The molecule has 1 saturated heterocycles. The minimum Gasteiger partial charge on any atom is -0.392 e. The van der Waals surface area contributed by atoms with Crippen molar-refractivity contribution in [3.05, 3.63) is 89.5 Å². The van der Waals surface area contributed by atoms with Crippen molar-refractivity contribution in [3.63, 3.8) is 0 Å². The highest BCUT2D eigenvalue weighted by molar-refractivity contribution is 7.99. The van der Waals surface area contributed by atoms with Gasteiger partial charge in [0, 0.05) is 40.9 Å². The van der Waals surface area contributed by atoms with E-state index in [1.165, 1.54) is 6.92 Å². The summed E-state index contributed by atoms with van der Waals surface area (Å²) in [5, 5.41) is 14.8. The Morgan fingerprint density at radius 2 is 1.67 bits per heavy atom. The molecule has 4 rings (SSSR count). The van der Waals surface area contributed by atoms with Crippen LogP contribution in [0.5, 0.6) is 0 Å². The highest BCUT2D eigenvalue weighted by atomic mass is 35.6. The molecule has 1 fully saturated rings. The molecule has 3 aromatic rings. The Kier molecular flexibility index (Phi) is 10.2. The molecule has 0 aromatic heterocycles. The third kappa shape index (κ3) is 8.59. The first kappa shape index (κ1) is 29.7. The second-order valence-corrected chi connectivity index (χ2v) is 12.3. The fraction of sp³-hybridized carbons (Fsp3) is 0.286. The van der Waals surface area contributed by atoms with E-state index in [2.05, 4.69) is 10.6 Å². The quantitative estimate of drug-likeness (QED) is 0.192. The molecule has 3 N–H and O–H groups in total. The number of anilines is 2. The summed E-state index contributed by atoms with van der Waals surface area (Å²) in [5.41, 5.74) is 3.66. The average molecular weight is 610 g/mol. The standard InChI is InChI=1S/C28H27Cl3N2O5S/c1-17(35)32-21-9-11-24(12-10-21)39-16-23-14-25(19-7-5-18(15-34)6-8-19)38-26(37-23)20-3-2-4-22(13-20)33-27(36)28(29,30)31/h2-13,23,25-26,34H,14-16H2,1H3,(H,32,35)(H,33,36). The number of amides is 2. The van der Waals surface area contributed by atoms with Gasteiger partial charge in [-0.3, -0.25) is 9.59 Å². The summed E-state index contributed by atoms with van der Waals surface area (Å²) in [6.07, 6.45) is -0.511. The van der Waals surface area contributed by atoms with Crippen molar-refractivity contribution in [1.82, 2.24) is 0 Å². The summed E-state index contributed by atoms with van der Waals surface area (Å²) in [7, 11) is 0. The van der Waals surface area contributed by atoms with Gasteiger partial charge in [0.15, 0.2) is 6.29 Å². The van der Waals surface area contributed by atoms with Gasteiger partial charge in [0.1, 0.15) is 0 Å². The topological polar surface area (TPSA) is 96.9 Å². The molecule has 0 aliphatic carbocycles. The summed E-state index contributed by atoms with van der Waals surface area (Å²) in [6.45, 7) is 1.43. The van der Waals surface area contributed by atoms with Crippen molar-refractivity contribution in [1.29, 1.82) is 0 Å². The number of aliphatic hydroxyl groups is 1. The largest absolute Gasteiger partial charge is 0.392 e. The number of hydrogen-bond donors (Lipinski definition) is 3. The van der Waals surface area contributed by atoms with E-state index >= 15 is 0 Å². The van der Waals surface area contributed by atoms with Crippen molar-refractivity contribution in [3.8, 4) is 0 Å². The van der Waals surface area contributed by atoms with Crippen LogP contribution in [-0.4, -0.2) is 32.6 Å². The predicted octanol–water partition coefficient (Wildman–Crippen LogP) is 6.78. The molecular formula is C28H27Cl3N2O5S. The van der Waals surface area contributed by atoms with Crippen molar-refractivity contribution < 1.29 is 24.2 Å². The molecule has 1 aliphatic rings. The first-order valence-electron chi connectivity index (χ1n) is 12.1. The van der Waals surface area contributed by atoms with Crippen molar-refractivity contribution >= 4 is 69.8 Å². The van der Waals surface area contributed by atoms with Crippen LogP contribution in [-0.2, 0) is 25.7 Å². The summed E-state index contributed by atoms with van der Waals surface area (Å²) in [5.74, 6) is -0.226. The van der Waals surface area contributed by atoms with Gasteiger partial charge in [0.05, 0.1) is 18.8 Å². The zero-order valence-corrected chi connectivity index (χ0v) is 24.0. The first-order valence-corrected chi connectivity index (χ1v) is 14.2. The Balaban J connectivity index is 1.52. The van der Waals surface area contributed by atoms with Gasteiger partial charge in [-0.05, 0) is 47.5 Å². The molecule has 3 atom stereocenters. The highest BCUT2D eigenvalue weighted by Gasteiger charge is 2.33. The first-order chi connectivity index (χ1) is 18.6. The van der Waals surface area contributed by atoms with Crippen molar-refractivity contribution in [2.45, 2.75) is 47.1 Å². The van der Waals surface area contributed by atoms with E-state index in [9.17, 15) is 14.7 Å². The van der Waals surface area contributed by atoms with Crippen LogP contribution in [0.4, 0.5) is 11.4 Å². The predicted molar refractivity (Wildman–Crippen MR) is 155 cm³/mol. The highest BCUT2D eigenvalue weighted by Crippen LogP contribution is 2.40. The maximum Gasteiger partial charge on any atom is 0.276 e. The van der Waals surface area contributed by atoms with E-state index < -0.39 is 16.0 Å². The normalized spacial score (nSPS) is 19.4. The van der Waals surface area contributed by atoms with Crippen LogP contribution in [0, 0.1) is 0 Å². The molecule has 0 bridgehead atoms.